The highest BCUT2D eigenvalue weighted by molar-refractivity contribution is 6.33. The molecular weight excluding hydrogens is 350 g/mol. The molecular formula is C20H29ClN3O2+. The fourth-order valence-corrected chi connectivity index (χ4v) is 3.20. The van der Waals surface area contributed by atoms with Gasteiger partial charge in [0.2, 0.25) is 0 Å². The van der Waals surface area contributed by atoms with Crippen LogP contribution in [-0.4, -0.2) is 38.0 Å². The van der Waals surface area contributed by atoms with Crippen LogP contribution in [0.15, 0.2) is 35.9 Å². The highest BCUT2D eigenvalue weighted by Gasteiger charge is 2.23. The van der Waals surface area contributed by atoms with Crippen LogP contribution < -0.4 is 15.5 Å². The lowest BCUT2D eigenvalue weighted by Gasteiger charge is -2.21. The summed E-state index contributed by atoms with van der Waals surface area (Å²) in [5.41, 5.74) is 2.04. The van der Waals surface area contributed by atoms with E-state index in [4.69, 9.17) is 11.6 Å². The first-order valence-electron chi connectivity index (χ1n) is 9.29. The van der Waals surface area contributed by atoms with E-state index in [0.717, 1.165) is 24.2 Å². The van der Waals surface area contributed by atoms with Gasteiger partial charge in [-0.1, -0.05) is 35.4 Å². The van der Waals surface area contributed by atoms with Crippen LogP contribution >= 0.6 is 11.6 Å². The predicted molar refractivity (Wildman–Crippen MR) is 105 cm³/mol. The van der Waals surface area contributed by atoms with E-state index in [1.807, 2.05) is 26.1 Å². The van der Waals surface area contributed by atoms with Gasteiger partial charge in [-0.2, -0.15) is 0 Å². The molecule has 1 aliphatic carbocycles. The number of amides is 2. The third kappa shape index (κ3) is 6.46. The molecule has 1 aliphatic rings. The molecule has 2 rings (SSSR count). The first-order valence-corrected chi connectivity index (χ1v) is 9.67. The highest BCUT2D eigenvalue weighted by atomic mass is 35.5. The molecule has 0 saturated heterocycles. The number of halogens is 1. The molecule has 3 N–H and O–H groups in total. The molecule has 1 unspecified atom stereocenters. The van der Waals surface area contributed by atoms with Crippen LogP contribution in [0, 0.1) is 0 Å². The largest absolute Gasteiger partial charge is 0.351 e. The lowest BCUT2D eigenvalue weighted by molar-refractivity contribution is -0.885. The van der Waals surface area contributed by atoms with Gasteiger partial charge < -0.3 is 15.5 Å². The number of anilines is 1. The zero-order valence-corrected chi connectivity index (χ0v) is 16.4. The number of likely N-dealkylation sites (N-methyl/N-ethyl adjacent to an activating group) is 1. The van der Waals surface area contributed by atoms with Gasteiger partial charge in [-0.05, 0) is 51.2 Å². The summed E-state index contributed by atoms with van der Waals surface area (Å²) in [5, 5.41) is 6.28. The first-order chi connectivity index (χ1) is 12.5. The second kappa shape index (κ2) is 10.3. The van der Waals surface area contributed by atoms with Crippen LogP contribution in [0.4, 0.5) is 5.69 Å². The van der Waals surface area contributed by atoms with Crippen LogP contribution in [0.3, 0.4) is 0 Å². The van der Waals surface area contributed by atoms with Crippen molar-refractivity contribution in [3.8, 4) is 0 Å². The van der Waals surface area contributed by atoms with Gasteiger partial charge in [-0.3, -0.25) is 9.59 Å². The van der Waals surface area contributed by atoms with E-state index in [1.54, 1.807) is 12.1 Å². The van der Waals surface area contributed by atoms with Crippen molar-refractivity contribution in [2.45, 2.75) is 45.1 Å². The van der Waals surface area contributed by atoms with Gasteiger partial charge in [-0.15, -0.1) is 0 Å². The van der Waals surface area contributed by atoms with Crippen molar-refractivity contribution in [1.29, 1.82) is 0 Å². The molecule has 0 aliphatic heterocycles. The minimum atomic E-state index is -0.299. The number of hydrogen-bond donors (Lipinski definition) is 3. The Morgan fingerprint density at radius 1 is 1.27 bits per heavy atom. The Morgan fingerprint density at radius 3 is 2.73 bits per heavy atom. The third-order valence-corrected chi connectivity index (χ3v) is 5.18. The maximum Gasteiger partial charge on any atom is 0.279 e. The Kier molecular flexibility index (Phi) is 8.13. The van der Waals surface area contributed by atoms with E-state index in [-0.39, 0.29) is 24.4 Å². The lowest BCUT2D eigenvalue weighted by atomic mass is 9.97. The molecule has 0 fully saturated rings. The van der Waals surface area contributed by atoms with Gasteiger partial charge in [0.15, 0.2) is 12.6 Å². The molecule has 2 amide bonds. The second-order valence-electron chi connectivity index (χ2n) is 6.92. The summed E-state index contributed by atoms with van der Waals surface area (Å²) < 4.78 is 0. The Morgan fingerprint density at radius 2 is 2.04 bits per heavy atom. The normalized spacial score (nSPS) is 16.3. The summed E-state index contributed by atoms with van der Waals surface area (Å²) in [6.45, 7) is 2.70. The number of rotatable bonds is 8. The SMILES string of the molecule is C[C@H](C(=O)NCCC1=CCCCC1)[NH+](C)CC(=O)Nc1ccccc1Cl. The molecule has 5 nitrogen and oxygen atoms in total. The Hall–Kier alpha value is -1.85. The summed E-state index contributed by atoms with van der Waals surface area (Å²) >= 11 is 6.05. The number of allylic oxidation sites excluding steroid dienone is 1. The predicted octanol–water partition coefficient (Wildman–Crippen LogP) is 2.19. The average Bonchev–Trinajstić information content (AvgIpc) is 2.63. The van der Waals surface area contributed by atoms with Crippen LogP contribution in [-0.2, 0) is 9.59 Å². The van der Waals surface area contributed by atoms with Crippen LogP contribution in [0.1, 0.15) is 39.0 Å². The number of hydrogen-bond acceptors (Lipinski definition) is 2. The smallest absolute Gasteiger partial charge is 0.279 e. The summed E-state index contributed by atoms with van der Waals surface area (Å²) in [4.78, 5) is 25.3. The topological polar surface area (TPSA) is 62.6 Å². The molecule has 0 radical (unpaired) electrons. The van der Waals surface area contributed by atoms with E-state index >= 15 is 0 Å². The quantitative estimate of drug-likeness (QED) is 0.607. The van der Waals surface area contributed by atoms with Crippen LogP contribution in [0.25, 0.3) is 0 Å². The van der Waals surface area contributed by atoms with E-state index in [2.05, 4.69) is 16.7 Å². The van der Waals surface area contributed by atoms with Gasteiger partial charge in [0.05, 0.1) is 17.8 Å². The van der Waals surface area contributed by atoms with E-state index in [0.29, 0.717) is 17.3 Å². The van der Waals surface area contributed by atoms with Crippen molar-refractivity contribution in [3.63, 3.8) is 0 Å². The molecule has 0 heterocycles. The van der Waals surface area contributed by atoms with Crippen LogP contribution in [0.2, 0.25) is 5.02 Å². The zero-order valence-electron chi connectivity index (χ0n) is 15.6. The molecule has 0 aromatic heterocycles. The number of quaternary nitrogens is 1. The molecule has 0 bridgehead atoms. The minimum Gasteiger partial charge on any atom is -0.351 e. The fourth-order valence-electron chi connectivity index (χ4n) is 3.02. The number of para-hydroxylation sites is 1. The Labute approximate surface area is 160 Å². The van der Waals surface area contributed by atoms with E-state index in [1.165, 1.54) is 18.4 Å². The van der Waals surface area contributed by atoms with Crippen molar-refractivity contribution in [2.75, 3.05) is 25.5 Å². The highest BCUT2D eigenvalue weighted by Crippen LogP contribution is 2.20. The molecule has 1 aromatic rings. The van der Waals surface area contributed by atoms with Crippen molar-refractivity contribution in [1.82, 2.24) is 5.32 Å². The maximum atomic E-state index is 12.3. The van der Waals surface area contributed by atoms with E-state index in [9.17, 15) is 9.59 Å². The monoisotopic (exact) mass is 378 g/mol. The van der Waals surface area contributed by atoms with Gasteiger partial charge in [0.1, 0.15) is 0 Å². The minimum absolute atomic E-state index is 0.0237. The molecule has 142 valence electrons. The van der Waals surface area contributed by atoms with E-state index < -0.39 is 0 Å². The maximum absolute atomic E-state index is 12.3. The molecule has 0 spiro atoms. The lowest BCUT2D eigenvalue weighted by Crippen LogP contribution is -3.15. The van der Waals surface area contributed by atoms with Gasteiger partial charge in [0, 0.05) is 6.54 Å². The first kappa shape index (κ1) is 20.5. The number of carbonyl (C=O) groups excluding carboxylic acids is 2. The zero-order chi connectivity index (χ0) is 18.9. The molecule has 6 heteroatoms. The summed E-state index contributed by atoms with van der Waals surface area (Å²) in [7, 11) is 1.85. The number of carbonyl (C=O) groups is 2. The molecule has 2 atom stereocenters. The summed E-state index contributed by atoms with van der Waals surface area (Å²) in [6, 6.07) is 6.81. The summed E-state index contributed by atoms with van der Waals surface area (Å²) in [5.74, 6) is -0.188. The Bertz CT molecular complexity index is 660. The van der Waals surface area contributed by atoms with Crippen molar-refractivity contribution in [3.05, 3.63) is 40.9 Å². The third-order valence-electron chi connectivity index (χ3n) is 4.85. The van der Waals surface area contributed by atoms with Crippen molar-refractivity contribution >= 4 is 29.1 Å². The number of benzene rings is 1. The molecule has 1 aromatic carbocycles. The van der Waals surface area contributed by atoms with Gasteiger partial charge in [0.25, 0.3) is 11.8 Å². The fraction of sp³-hybridized carbons (Fsp3) is 0.500. The molecule has 0 saturated carbocycles. The molecule has 26 heavy (non-hydrogen) atoms. The van der Waals surface area contributed by atoms with Gasteiger partial charge in [-0.25, -0.2) is 0 Å². The average molecular weight is 379 g/mol. The van der Waals surface area contributed by atoms with Crippen molar-refractivity contribution < 1.29 is 14.5 Å². The number of nitrogens with one attached hydrogen (secondary N) is 3. The van der Waals surface area contributed by atoms with Crippen molar-refractivity contribution in [2.24, 2.45) is 0 Å². The Balaban J connectivity index is 1.74. The van der Waals surface area contributed by atoms with Gasteiger partial charge >= 0.3 is 0 Å². The van der Waals surface area contributed by atoms with Crippen LogP contribution in [0.5, 0.6) is 0 Å². The standard InChI is InChI=1S/C20H28ClN3O2/c1-15(20(26)22-13-12-16-8-4-3-5-9-16)24(2)14-19(25)23-18-11-7-6-10-17(18)21/h6-8,10-11,15H,3-5,9,12-14H2,1-2H3,(H,22,26)(H,23,25)/p+1/t15-/m1/s1. The second-order valence-corrected chi connectivity index (χ2v) is 7.33. The summed E-state index contributed by atoms with van der Waals surface area (Å²) in [6.07, 6.45) is 8.06.